The van der Waals surface area contributed by atoms with Crippen molar-refractivity contribution in [3.8, 4) is 5.75 Å². The molecule has 0 heterocycles. The lowest BCUT2D eigenvalue weighted by Gasteiger charge is -2.06. The van der Waals surface area contributed by atoms with Gasteiger partial charge in [-0.3, -0.25) is 4.79 Å². The zero-order valence-corrected chi connectivity index (χ0v) is 13.1. The van der Waals surface area contributed by atoms with Crippen LogP contribution in [0.25, 0.3) is 0 Å². The van der Waals surface area contributed by atoms with Gasteiger partial charge in [-0.2, -0.15) is 0 Å². The fraction of sp³-hybridized carbons (Fsp3) is 0.133. The molecule has 2 nitrogen and oxygen atoms in total. The summed E-state index contributed by atoms with van der Waals surface area (Å²) in [6, 6.07) is 12.2. The highest BCUT2D eigenvalue weighted by atomic mass is 79.9. The molecule has 0 saturated heterocycles. The Balaban J connectivity index is 2.09. The Bertz CT molecular complexity index is 631. The van der Waals surface area contributed by atoms with Crippen molar-refractivity contribution >= 4 is 33.5 Å². The maximum absolute atomic E-state index is 14.0. The Hall–Kier alpha value is -1.33. The molecule has 0 N–H and O–H groups in total. The van der Waals surface area contributed by atoms with E-state index >= 15 is 0 Å². The molecule has 0 spiro atoms. The van der Waals surface area contributed by atoms with Crippen LogP contribution in [0.1, 0.15) is 10.4 Å². The molecular formula is C15H12BrFO2S. The summed E-state index contributed by atoms with van der Waals surface area (Å²) >= 11 is 4.74. The fourth-order valence-electron chi connectivity index (χ4n) is 1.67. The van der Waals surface area contributed by atoms with Crippen LogP contribution in [0.15, 0.2) is 51.8 Å². The Labute approximate surface area is 129 Å². The number of hydrogen-bond donors (Lipinski definition) is 0. The first-order chi connectivity index (χ1) is 9.61. The summed E-state index contributed by atoms with van der Waals surface area (Å²) < 4.78 is 19.8. The van der Waals surface area contributed by atoms with Gasteiger partial charge in [-0.15, -0.1) is 11.8 Å². The number of rotatable bonds is 5. The summed E-state index contributed by atoms with van der Waals surface area (Å²) in [7, 11) is 1.38. The molecule has 0 aliphatic rings. The van der Waals surface area contributed by atoms with Crippen LogP contribution in [-0.2, 0) is 0 Å². The molecule has 0 unspecified atom stereocenters. The predicted molar refractivity (Wildman–Crippen MR) is 82.1 cm³/mol. The van der Waals surface area contributed by atoms with Crippen LogP contribution in [-0.4, -0.2) is 18.6 Å². The molecule has 0 amide bonds. The number of ether oxygens (including phenoxy) is 1. The van der Waals surface area contributed by atoms with Crippen molar-refractivity contribution in [3.05, 3.63) is 58.3 Å². The molecule has 0 aliphatic heterocycles. The van der Waals surface area contributed by atoms with Crippen LogP contribution in [0, 0.1) is 5.82 Å². The summed E-state index contributed by atoms with van der Waals surface area (Å²) in [6.07, 6.45) is 0. The third kappa shape index (κ3) is 3.61. The number of methoxy groups -OCH3 is 1. The molecule has 0 bridgehead atoms. The first kappa shape index (κ1) is 15.1. The highest BCUT2D eigenvalue weighted by Gasteiger charge is 2.15. The summed E-state index contributed by atoms with van der Waals surface area (Å²) in [5.41, 5.74) is 0.0619. The van der Waals surface area contributed by atoms with E-state index < -0.39 is 5.82 Å². The van der Waals surface area contributed by atoms with Gasteiger partial charge < -0.3 is 4.74 Å². The molecule has 20 heavy (non-hydrogen) atoms. The Kier molecular flexibility index (Phi) is 5.20. The lowest BCUT2D eigenvalue weighted by atomic mass is 10.1. The maximum atomic E-state index is 14.0. The van der Waals surface area contributed by atoms with E-state index in [0.29, 0.717) is 0 Å². The molecule has 0 aliphatic carbocycles. The minimum atomic E-state index is -0.602. The van der Waals surface area contributed by atoms with Crippen LogP contribution in [0.4, 0.5) is 4.39 Å². The Morgan fingerprint density at radius 3 is 2.75 bits per heavy atom. The molecule has 0 fully saturated rings. The first-order valence-corrected chi connectivity index (χ1v) is 7.63. The van der Waals surface area contributed by atoms with Gasteiger partial charge in [0.15, 0.2) is 17.3 Å². The summed E-state index contributed by atoms with van der Waals surface area (Å²) in [5.74, 6) is -0.592. The SMILES string of the molecule is COc1cccc(C(=O)CSc2cccc(Br)c2)c1F. The van der Waals surface area contributed by atoms with Crippen LogP contribution in [0.5, 0.6) is 5.75 Å². The minimum Gasteiger partial charge on any atom is -0.494 e. The second-order valence-electron chi connectivity index (χ2n) is 3.99. The van der Waals surface area contributed by atoms with E-state index in [1.807, 2.05) is 24.3 Å². The largest absolute Gasteiger partial charge is 0.494 e. The number of ketones is 1. The molecule has 0 atom stereocenters. The smallest absolute Gasteiger partial charge is 0.176 e. The molecular weight excluding hydrogens is 343 g/mol. The van der Waals surface area contributed by atoms with Crippen molar-refractivity contribution in [2.45, 2.75) is 4.90 Å². The van der Waals surface area contributed by atoms with Gasteiger partial charge in [0.1, 0.15) is 0 Å². The third-order valence-electron chi connectivity index (χ3n) is 2.65. The average Bonchev–Trinajstić information content (AvgIpc) is 2.45. The van der Waals surface area contributed by atoms with E-state index in [1.54, 1.807) is 6.07 Å². The van der Waals surface area contributed by atoms with Crippen molar-refractivity contribution in [2.24, 2.45) is 0 Å². The van der Waals surface area contributed by atoms with Crippen molar-refractivity contribution in [2.75, 3.05) is 12.9 Å². The standard InChI is InChI=1S/C15H12BrFO2S/c1-19-14-7-3-6-12(15(14)17)13(18)9-20-11-5-2-4-10(16)8-11/h2-8H,9H2,1H3. The predicted octanol–water partition coefficient (Wildman–Crippen LogP) is 4.57. The number of halogens is 2. The van der Waals surface area contributed by atoms with Crippen LogP contribution in [0.3, 0.4) is 0 Å². The fourth-order valence-corrected chi connectivity index (χ4v) is 3.06. The molecule has 0 aromatic heterocycles. The second-order valence-corrected chi connectivity index (χ2v) is 5.96. The van der Waals surface area contributed by atoms with Gasteiger partial charge in [0.05, 0.1) is 18.4 Å². The van der Waals surface area contributed by atoms with Gasteiger partial charge in [-0.1, -0.05) is 28.1 Å². The second kappa shape index (κ2) is 6.90. The highest BCUT2D eigenvalue weighted by molar-refractivity contribution is 9.10. The lowest BCUT2D eigenvalue weighted by Crippen LogP contribution is -2.06. The monoisotopic (exact) mass is 354 g/mol. The van der Waals surface area contributed by atoms with Gasteiger partial charge >= 0.3 is 0 Å². The van der Waals surface area contributed by atoms with Crippen molar-refractivity contribution in [1.82, 2.24) is 0 Å². The Morgan fingerprint density at radius 2 is 2.05 bits per heavy atom. The summed E-state index contributed by atoms with van der Waals surface area (Å²) in [5, 5.41) is 0. The molecule has 5 heteroatoms. The van der Waals surface area contributed by atoms with Gasteiger partial charge in [0, 0.05) is 9.37 Å². The van der Waals surface area contributed by atoms with Crippen molar-refractivity contribution < 1.29 is 13.9 Å². The lowest BCUT2D eigenvalue weighted by molar-refractivity contribution is 0.101. The van der Waals surface area contributed by atoms with Crippen LogP contribution < -0.4 is 4.74 Å². The number of hydrogen-bond acceptors (Lipinski definition) is 3. The van der Waals surface area contributed by atoms with Crippen LogP contribution >= 0.6 is 27.7 Å². The number of thioether (sulfide) groups is 1. The van der Waals surface area contributed by atoms with Crippen molar-refractivity contribution in [1.29, 1.82) is 0 Å². The van der Waals surface area contributed by atoms with E-state index in [0.717, 1.165) is 9.37 Å². The van der Waals surface area contributed by atoms with E-state index in [1.165, 1.54) is 31.0 Å². The van der Waals surface area contributed by atoms with E-state index in [-0.39, 0.29) is 22.8 Å². The van der Waals surface area contributed by atoms with Gasteiger partial charge in [0.25, 0.3) is 0 Å². The van der Waals surface area contributed by atoms with E-state index in [9.17, 15) is 9.18 Å². The number of carbonyl (C=O) groups excluding carboxylic acids is 1. The molecule has 0 saturated carbocycles. The number of carbonyl (C=O) groups is 1. The third-order valence-corrected chi connectivity index (χ3v) is 4.14. The van der Waals surface area contributed by atoms with E-state index in [4.69, 9.17) is 4.74 Å². The molecule has 2 aromatic rings. The number of Topliss-reactive ketones (excluding diaryl/α,β-unsaturated/α-hetero) is 1. The number of benzene rings is 2. The first-order valence-electron chi connectivity index (χ1n) is 5.86. The summed E-state index contributed by atoms with van der Waals surface area (Å²) in [6.45, 7) is 0. The quantitative estimate of drug-likeness (QED) is 0.581. The summed E-state index contributed by atoms with van der Waals surface area (Å²) in [4.78, 5) is 13.0. The van der Waals surface area contributed by atoms with E-state index in [2.05, 4.69) is 15.9 Å². The Morgan fingerprint density at radius 1 is 1.30 bits per heavy atom. The van der Waals surface area contributed by atoms with Crippen molar-refractivity contribution in [3.63, 3.8) is 0 Å². The maximum Gasteiger partial charge on any atom is 0.176 e. The van der Waals surface area contributed by atoms with Gasteiger partial charge in [-0.05, 0) is 30.3 Å². The normalized spacial score (nSPS) is 10.3. The molecule has 0 radical (unpaired) electrons. The van der Waals surface area contributed by atoms with Gasteiger partial charge in [-0.25, -0.2) is 4.39 Å². The highest BCUT2D eigenvalue weighted by Crippen LogP contribution is 2.25. The zero-order chi connectivity index (χ0) is 14.5. The average molecular weight is 355 g/mol. The van der Waals surface area contributed by atoms with Gasteiger partial charge in [0.2, 0.25) is 0 Å². The van der Waals surface area contributed by atoms with Crippen LogP contribution in [0.2, 0.25) is 0 Å². The topological polar surface area (TPSA) is 26.3 Å². The molecule has 104 valence electrons. The molecule has 2 rings (SSSR count). The molecule has 2 aromatic carbocycles. The minimum absolute atomic E-state index is 0.0619. The zero-order valence-electron chi connectivity index (χ0n) is 10.7.